The number of ether oxygens (including phenoxy) is 1. The lowest BCUT2D eigenvalue weighted by molar-refractivity contribution is 0.0302. The van der Waals surface area contributed by atoms with Gasteiger partial charge in [0.1, 0.15) is 0 Å². The van der Waals surface area contributed by atoms with E-state index >= 15 is 0 Å². The Bertz CT molecular complexity index is 413. The maximum Gasteiger partial charge on any atom is 0.0698 e. The molecule has 2 rings (SSSR count). The molecule has 0 amide bonds. The summed E-state index contributed by atoms with van der Waals surface area (Å²) in [7, 11) is 3.83. The molecular formula is C16H25ClN2O. The van der Waals surface area contributed by atoms with Gasteiger partial charge in [0.05, 0.1) is 6.10 Å². The molecule has 1 aromatic rings. The van der Waals surface area contributed by atoms with Crippen molar-refractivity contribution >= 4 is 11.6 Å². The molecular weight excluding hydrogens is 272 g/mol. The van der Waals surface area contributed by atoms with E-state index in [1.165, 1.54) is 24.9 Å². The van der Waals surface area contributed by atoms with Crippen molar-refractivity contribution in [3.63, 3.8) is 0 Å². The number of likely N-dealkylation sites (tertiary alicyclic amines) is 1. The van der Waals surface area contributed by atoms with Crippen molar-refractivity contribution in [1.82, 2.24) is 10.2 Å². The van der Waals surface area contributed by atoms with Gasteiger partial charge in [0.2, 0.25) is 0 Å². The Morgan fingerprint density at radius 1 is 1.50 bits per heavy atom. The van der Waals surface area contributed by atoms with Crippen LogP contribution in [0.4, 0.5) is 0 Å². The summed E-state index contributed by atoms with van der Waals surface area (Å²) in [4.78, 5) is 2.51. The van der Waals surface area contributed by atoms with Crippen LogP contribution < -0.4 is 5.32 Å². The van der Waals surface area contributed by atoms with Gasteiger partial charge in [-0.3, -0.25) is 0 Å². The third-order valence-electron chi connectivity index (χ3n) is 4.13. The molecule has 1 aromatic carbocycles. The zero-order valence-electron chi connectivity index (χ0n) is 12.4. The SMILES string of the molecule is CNC(CCN1CCCC(OC)C1)c1cccc(Cl)c1. The van der Waals surface area contributed by atoms with Crippen LogP contribution in [-0.4, -0.2) is 44.8 Å². The Labute approximate surface area is 127 Å². The number of benzene rings is 1. The Balaban J connectivity index is 1.87. The van der Waals surface area contributed by atoms with Gasteiger partial charge in [-0.05, 0) is 50.6 Å². The second-order valence-electron chi connectivity index (χ2n) is 5.49. The molecule has 1 saturated heterocycles. The summed E-state index contributed by atoms with van der Waals surface area (Å²) in [5.74, 6) is 0. The largest absolute Gasteiger partial charge is 0.380 e. The second kappa shape index (κ2) is 7.99. The molecule has 0 saturated carbocycles. The van der Waals surface area contributed by atoms with Gasteiger partial charge in [-0.15, -0.1) is 0 Å². The lowest BCUT2D eigenvalue weighted by atomic mass is 10.0. The Morgan fingerprint density at radius 2 is 2.35 bits per heavy atom. The Hall–Kier alpha value is -0.610. The van der Waals surface area contributed by atoms with Crippen LogP contribution in [0.3, 0.4) is 0 Å². The summed E-state index contributed by atoms with van der Waals surface area (Å²) in [6.45, 7) is 3.34. The van der Waals surface area contributed by atoms with Crippen molar-refractivity contribution in [2.75, 3.05) is 33.8 Å². The van der Waals surface area contributed by atoms with Crippen LogP contribution in [0, 0.1) is 0 Å². The van der Waals surface area contributed by atoms with Crippen LogP contribution >= 0.6 is 11.6 Å². The normalized spacial score (nSPS) is 21.9. The predicted molar refractivity (Wildman–Crippen MR) is 84.3 cm³/mol. The van der Waals surface area contributed by atoms with E-state index in [0.717, 1.165) is 24.5 Å². The molecule has 1 N–H and O–H groups in total. The Kier molecular flexibility index (Phi) is 6.30. The summed E-state index contributed by atoms with van der Waals surface area (Å²) >= 11 is 6.08. The van der Waals surface area contributed by atoms with Gasteiger partial charge >= 0.3 is 0 Å². The topological polar surface area (TPSA) is 24.5 Å². The number of nitrogens with one attached hydrogen (secondary N) is 1. The summed E-state index contributed by atoms with van der Waals surface area (Å²) in [5.41, 5.74) is 1.26. The molecule has 1 heterocycles. The molecule has 0 radical (unpaired) electrons. The summed E-state index contributed by atoms with van der Waals surface area (Å²) in [6, 6.07) is 8.49. The number of nitrogens with zero attached hydrogens (tertiary/aromatic N) is 1. The summed E-state index contributed by atoms with van der Waals surface area (Å²) in [6.07, 6.45) is 3.92. The molecule has 1 aliphatic heterocycles. The molecule has 0 aliphatic carbocycles. The highest BCUT2D eigenvalue weighted by atomic mass is 35.5. The third-order valence-corrected chi connectivity index (χ3v) is 4.36. The third kappa shape index (κ3) is 4.45. The van der Waals surface area contributed by atoms with E-state index in [1.54, 1.807) is 0 Å². The highest BCUT2D eigenvalue weighted by Gasteiger charge is 2.20. The average Bonchev–Trinajstić information content (AvgIpc) is 2.48. The van der Waals surface area contributed by atoms with Crippen LogP contribution in [-0.2, 0) is 4.74 Å². The molecule has 4 heteroatoms. The molecule has 0 bridgehead atoms. The minimum absolute atomic E-state index is 0.358. The fraction of sp³-hybridized carbons (Fsp3) is 0.625. The quantitative estimate of drug-likeness (QED) is 0.873. The van der Waals surface area contributed by atoms with E-state index in [4.69, 9.17) is 16.3 Å². The average molecular weight is 297 g/mol. The molecule has 2 unspecified atom stereocenters. The first-order valence-electron chi connectivity index (χ1n) is 7.41. The smallest absolute Gasteiger partial charge is 0.0698 e. The van der Waals surface area contributed by atoms with E-state index in [0.29, 0.717) is 12.1 Å². The zero-order valence-corrected chi connectivity index (χ0v) is 13.2. The van der Waals surface area contributed by atoms with Crippen LogP contribution in [0.2, 0.25) is 5.02 Å². The maximum absolute atomic E-state index is 6.08. The number of halogens is 1. The predicted octanol–water partition coefficient (Wildman–Crippen LogP) is 3.10. The van der Waals surface area contributed by atoms with E-state index < -0.39 is 0 Å². The molecule has 2 atom stereocenters. The first-order valence-corrected chi connectivity index (χ1v) is 7.78. The number of piperidine rings is 1. The highest BCUT2D eigenvalue weighted by molar-refractivity contribution is 6.30. The van der Waals surface area contributed by atoms with Crippen molar-refractivity contribution in [2.24, 2.45) is 0 Å². The van der Waals surface area contributed by atoms with Crippen molar-refractivity contribution in [1.29, 1.82) is 0 Å². The van der Waals surface area contributed by atoms with E-state index in [1.807, 2.05) is 26.3 Å². The van der Waals surface area contributed by atoms with Crippen molar-refractivity contribution in [3.8, 4) is 0 Å². The van der Waals surface area contributed by atoms with E-state index in [9.17, 15) is 0 Å². The molecule has 0 spiro atoms. The van der Waals surface area contributed by atoms with Crippen LogP contribution in [0.1, 0.15) is 30.9 Å². The van der Waals surface area contributed by atoms with Gasteiger partial charge in [-0.25, -0.2) is 0 Å². The van der Waals surface area contributed by atoms with Gasteiger partial charge in [0.25, 0.3) is 0 Å². The second-order valence-corrected chi connectivity index (χ2v) is 5.92. The molecule has 112 valence electrons. The monoisotopic (exact) mass is 296 g/mol. The van der Waals surface area contributed by atoms with Gasteiger partial charge in [0.15, 0.2) is 0 Å². The molecule has 1 aliphatic rings. The van der Waals surface area contributed by atoms with E-state index in [-0.39, 0.29) is 0 Å². The van der Waals surface area contributed by atoms with Gasteiger partial charge in [-0.2, -0.15) is 0 Å². The lowest BCUT2D eigenvalue weighted by Crippen LogP contribution is -2.40. The van der Waals surface area contributed by atoms with Crippen LogP contribution in [0.5, 0.6) is 0 Å². The fourth-order valence-corrected chi connectivity index (χ4v) is 3.12. The number of hydrogen-bond donors (Lipinski definition) is 1. The number of methoxy groups -OCH3 is 1. The zero-order chi connectivity index (χ0) is 14.4. The van der Waals surface area contributed by atoms with Crippen molar-refractivity contribution in [3.05, 3.63) is 34.9 Å². The first kappa shape index (κ1) is 15.8. The summed E-state index contributed by atoms with van der Waals surface area (Å²) in [5, 5.41) is 4.20. The van der Waals surface area contributed by atoms with Crippen molar-refractivity contribution in [2.45, 2.75) is 31.4 Å². The molecule has 20 heavy (non-hydrogen) atoms. The van der Waals surface area contributed by atoms with Crippen LogP contribution in [0.25, 0.3) is 0 Å². The minimum Gasteiger partial charge on any atom is -0.380 e. The van der Waals surface area contributed by atoms with Crippen molar-refractivity contribution < 1.29 is 4.74 Å². The van der Waals surface area contributed by atoms with Crippen LogP contribution in [0.15, 0.2) is 24.3 Å². The highest BCUT2D eigenvalue weighted by Crippen LogP contribution is 2.21. The maximum atomic E-state index is 6.08. The van der Waals surface area contributed by atoms with E-state index in [2.05, 4.69) is 22.3 Å². The Morgan fingerprint density at radius 3 is 3.05 bits per heavy atom. The van der Waals surface area contributed by atoms with Gasteiger partial charge in [-0.1, -0.05) is 23.7 Å². The number of hydrogen-bond acceptors (Lipinski definition) is 3. The standard InChI is InChI=1S/C16H25ClN2O/c1-18-16(13-5-3-6-14(17)11-13)8-10-19-9-4-7-15(12-19)20-2/h3,5-6,11,15-16,18H,4,7-10,12H2,1-2H3. The molecule has 1 fully saturated rings. The molecule has 0 aromatic heterocycles. The number of rotatable bonds is 6. The lowest BCUT2D eigenvalue weighted by Gasteiger charge is -2.32. The fourth-order valence-electron chi connectivity index (χ4n) is 2.92. The summed E-state index contributed by atoms with van der Waals surface area (Å²) < 4.78 is 5.48. The molecule has 3 nitrogen and oxygen atoms in total. The first-order chi connectivity index (χ1) is 9.72. The van der Waals surface area contributed by atoms with Gasteiger partial charge in [0, 0.05) is 31.3 Å². The minimum atomic E-state index is 0.358. The van der Waals surface area contributed by atoms with Gasteiger partial charge < -0.3 is 15.0 Å².